The van der Waals surface area contributed by atoms with Crippen molar-refractivity contribution in [2.75, 3.05) is 19.6 Å². The van der Waals surface area contributed by atoms with Gasteiger partial charge in [-0.15, -0.1) is 0 Å². The molecule has 0 aliphatic carbocycles. The summed E-state index contributed by atoms with van der Waals surface area (Å²) in [4.78, 5) is 16.6. The fourth-order valence-electron chi connectivity index (χ4n) is 2.96. The highest BCUT2D eigenvalue weighted by Crippen LogP contribution is 2.26. The van der Waals surface area contributed by atoms with E-state index in [-0.39, 0.29) is 11.3 Å². The summed E-state index contributed by atoms with van der Waals surface area (Å²) in [6.45, 7) is 5.55. The maximum absolute atomic E-state index is 12.6. The summed E-state index contributed by atoms with van der Waals surface area (Å²) >= 11 is 0. The topological polar surface area (TPSA) is 71.8 Å². The Hall–Kier alpha value is -2.21. The van der Waals surface area contributed by atoms with Gasteiger partial charge in [0, 0.05) is 12.1 Å². The largest absolute Gasteiger partial charge is 0.351 e. The van der Waals surface area contributed by atoms with Crippen molar-refractivity contribution in [1.29, 1.82) is 0 Å². The fourth-order valence-corrected chi connectivity index (χ4v) is 2.96. The van der Waals surface area contributed by atoms with Crippen molar-refractivity contribution in [2.24, 2.45) is 5.41 Å². The van der Waals surface area contributed by atoms with Gasteiger partial charge in [-0.25, -0.2) is 9.67 Å². The summed E-state index contributed by atoms with van der Waals surface area (Å²) in [5, 5.41) is 10.6. The van der Waals surface area contributed by atoms with E-state index < -0.39 is 0 Å². The van der Waals surface area contributed by atoms with Crippen LogP contribution in [-0.2, 0) is 6.54 Å². The normalized spacial score (nSPS) is 16.9. The van der Waals surface area contributed by atoms with Crippen LogP contribution < -0.4 is 10.6 Å². The van der Waals surface area contributed by atoms with Crippen LogP contribution in [0.25, 0.3) is 0 Å². The number of nitrogens with one attached hydrogen (secondary N) is 2. The minimum absolute atomic E-state index is 0.0135. The lowest BCUT2D eigenvalue weighted by Crippen LogP contribution is -2.43. The summed E-state index contributed by atoms with van der Waals surface area (Å²) in [6.07, 6.45) is 5.34. The molecule has 1 aromatic carbocycles. The first-order valence-electron chi connectivity index (χ1n) is 8.06. The summed E-state index contributed by atoms with van der Waals surface area (Å²) < 4.78 is 1.72. The van der Waals surface area contributed by atoms with Crippen molar-refractivity contribution >= 4 is 5.91 Å². The summed E-state index contributed by atoms with van der Waals surface area (Å²) in [5.74, 6) is -0.0135. The predicted molar refractivity (Wildman–Crippen MR) is 88.1 cm³/mol. The monoisotopic (exact) mass is 313 g/mol. The molecule has 2 N–H and O–H groups in total. The molecule has 1 amide bonds. The Morgan fingerprint density at radius 2 is 2.13 bits per heavy atom. The number of aromatic nitrogens is 3. The average molecular weight is 313 g/mol. The predicted octanol–water partition coefficient (Wildman–Crippen LogP) is 1.45. The number of hydrogen-bond acceptors (Lipinski definition) is 4. The van der Waals surface area contributed by atoms with E-state index >= 15 is 0 Å². The van der Waals surface area contributed by atoms with Crippen molar-refractivity contribution in [3.05, 3.63) is 48.0 Å². The van der Waals surface area contributed by atoms with Gasteiger partial charge in [0.15, 0.2) is 0 Å². The molecule has 1 aliphatic rings. The van der Waals surface area contributed by atoms with Crippen molar-refractivity contribution in [3.8, 4) is 0 Å². The van der Waals surface area contributed by atoms with E-state index in [1.165, 1.54) is 6.33 Å². The third kappa shape index (κ3) is 3.96. The number of amides is 1. The lowest BCUT2D eigenvalue weighted by molar-refractivity contribution is 0.0921. The van der Waals surface area contributed by atoms with Crippen LogP contribution in [-0.4, -0.2) is 40.3 Å². The average Bonchev–Trinajstić information content (AvgIpc) is 3.07. The van der Waals surface area contributed by atoms with Gasteiger partial charge in [-0.05, 0) is 43.0 Å². The van der Waals surface area contributed by atoms with E-state index in [1.807, 2.05) is 24.3 Å². The minimum atomic E-state index is -0.0135. The van der Waals surface area contributed by atoms with Gasteiger partial charge in [0.2, 0.25) is 0 Å². The molecule has 0 unspecified atom stereocenters. The highest BCUT2D eigenvalue weighted by molar-refractivity contribution is 5.95. The molecule has 1 fully saturated rings. The van der Waals surface area contributed by atoms with Gasteiger partial charge < -0.3 is 10.6 Å². The molecule has 0 saturated carbocycles. The zero-order valence-electron chi connectivity index (χ0n) is 13.5. The number of rotatable bonds is 5. The van der Waals surface area contributed by atoms with Crippen molar-refractivity contribution in [2.45, 2.75) is 26.3 Å². The van der Waals surface area contributed by atoms with Gasteiger partial charge in [-0.3, -0.25) is 4.79 Å². The van der Waals surface area contributed by atoms with Crippen molar-refractivity contribution < 1.29 is 4.79 Å². The fraction of sp³-hybridized carbons (Fsp3) is 0.471. The molecule has 2 heterocycles. The molecule has 1 aliphatic heterocycles. The molecule has 6 nitrogen and oxygen atoms in total. The van der Waals surface area contributed by atoms with E-state index in [1.54, 1.807) is 11.0 Å². The van der Waals surface area contributed by atoms with Gasteiger partial charge in [0.1, 0.15) is 12.7 Å². The molecule has 1 saturated heterocycles. The molecule has 0 bridgehead atoms. The molecule has 0 radical (unpaired) electrons. The number of piperidine rings is 1. The van der Waals surface area contributed by atoms with Crippen molar-refractivity contribution in [1.82, 2.24) is 25.4 Å². The lowest BCUT2D eigenvalue weighted by Gasteiger charge is -2.34. The molecular formula is C17H23N5O. The highest BCUT2D eigenvalue weighted by Gasteiger charge is 2.27. The van der Waals surface area contributed by atoms with E-state index in [2.05, 4.69) is 27.6 Å². The first-order valence-corrected chi connectivity index (χ1v) is 8.06. The van der Waals surface area contributed by atoms with E-state index in [0.717, 1.165) is 31.5 Å². The van der Waals surface area contributed by atoms with Crippen LogP contribution in [0.4, 0.5) is 0 Å². The Bertz CT molecular complexity index is 647. The molecule has 122 valence electrons. The number of nitrogens with zero attached hydrogens (tertiary/aromatic N) is 3. The maximum atomic E-state index is 12.6. The maximum Gasteiger partial charge on any atom is 0.251 e. The van der Waals surface area contributed by atoms with E-state index in [9.17, 15) is 4.79 Å². The van der Waals surface area contributed by atoms with Crippen LogP contribution in [0.2, 0.25) is 0 Å². The standard InChI is InChI=1S/C17H23N5O/c1-17(6-8-18-9-7-17)11-20-16(23)15-5-3-2-4-14(15)10-22-13-19-12-21-22/h2-5,12-13,18H,6-11H2,1H3,(H,20,23). The lowest BCUT2D eigenvalue weighted by atomic mass is 9.81. The molecule has 2 aromatic rings. The first-order chi connectivity index (χ1) is 11.2. The Morgan fingerprint density at radius 3 is 2.87 bits per heavy atom. The Kier molecular flexibility index (Phi) is 4.71. The third-order valence-electron chi connectivity index (χ3n) is 4.55. The van der Waals surface area contributed by atoms with Gasteiger partial charge >= 0.3 is 0 Å². The van der Waals surface area contributed by atoms with E-state index in [4.69, 9.17) is 0 Å². The van der Waals surface area contributed by atoms with Gasteiger partial charge in [-0.2, -0.15) is 5.10 Å². The SMILES string of the molecule is CC1(CNC(=O)c2ccccc2Cn2cncn2)CCNCC1. The Labute approximate surface area is 136 Å². The summed E-state index contributed by atoms with van der Waals surface area (Å²) in [7, 11) is 0. The number of carbonyl (C=O) groups is 1. The molecule has 0 atom stereocenters. The van der Waals surface area contributed by atoms with Crippen molar-refractivity contribution in [3.63, 3.8) is 0 Å². The number of hydrogen-bond donors (Lipinski definition) is 2. The van der Waals surface area contributed by atoms with Gasteiger partial charge in [-0.1, -0.05) is 25.1 Å². The van der Waals surface area contributed by atoms with Crippen LogP contribution in [0.15, 0.2) is 36.9 Å². The second kappa shape index (κ2) is 6.91. The number of carbonyl (C=O) groups excluding carboxylic acids is 1. The molecule has 3 rings (SSSR count). The van der Waals surface area contributed by atoms with Crippen LogP contribution in [0, 0.1) is 5.41 Å². The molecule has 0 spiro atoms. The Morgan fingerprint density at radius 1 is 1.35 bits per heavy atom. The molecule has 23 heavy (non-hydrogen) atoms. The molecular weight excluding hydrogens is 290 g/mol. The first kappa shape index (κ1) is 15.7. The highest BCUT2D eigenvalue weighted by atomic mass is 16.1. The van der Waals surface area contributed by atoms with Crippen LogP contribution >= 0.6 is 0 Å². The Balaban J connectivity index is 1.67. The second-order valence-corrected chi connectivity index (χ2v) is 6.49. The smallest absolute Gasteiger partial charge is 0.251 e. The van der Waals surface area contributed by atoms with Crippen LogP contribution in [0.1, 0.15) is 35.7 Å². The third-order valence-corrected chi connectivity index (χ3v) is 4.55. The minimum Gasteiger partial charge on any atom is -0.351 e. The van der Waals surface area contributed by atoms with Crippen LogP contribution in [0.3, 0.4) is 0 Å². The summed E-state index contributed by atoms with van der Waals surface area (Å²) in [5.41, 5.74) is 1.84. The van der Waals surface area contributed by atoms with Gasteiger partial charge in [0.25, 0.3) is 5.91 Å². The zero-order valence-corrected chi connectivity index (χ0v) is 13.5. The van der Waals surface area contributed by atoms with Crippen LogP contribution in [0.5, 0.6) is 0 Å². The van der Waals surface area contributed by atoms with Gasteiger partial charge in [0.05, 0.1) is 6.54 Å². The van der Waals surface area contributed by atoms with E-state index in [0.29, 0.717) is 18.7 Å². The summed E-state index contributed by atoms with van der Waals surface area (Å²) in [6, 6.07) is 7.67. The second-order valence-electron chi connectivity index (χ2n) is 6.49. The zero-order chi connectivity index (χ0) is 16.1. The number of benzene rings is 1. The molecule has 6 heteroatoms. The molecule has 1 aromatic heterocycles. The quantitative estimate of drug-likeness (QED) is 0.876.